The lowest BCUT2D eigenvalue weighted by Crippen LogP contribution is -2.34. The van der Waals surface area contributed by atoms with E-state index >= 15 is 0 Å². The molecule has 20 heavy (non-hydrogen) atoms. The highest BCUT2D eigenvalue weighted by atomic mass is 32.2. The predicted molar refractivity (Wildman–Crippen MR) is 83.3 cm³/mol. The molecule has 2 aliphatic rings. The van der Waals surface area contributed by atoms with Gasteiger partial charge in [0.25, 0.3) is 0 Å². The Balaban J connectivity index is 1.67. The van der Waals surface area contributed by atoms with Crippen LogP contribution in [0.1, 0.15) is 70.7 Å². The lowest BCUT2D eigenvalue weighted by molar-refractivity contribution is 0.539. The van der Waals surface area contributed by atoms with Gasteiger partial charge in [0.2, 0.25) is 0 Å². The molecule has 3 rings (SSSR count). The van der Waals surface area contributed by atoms with Crippen LogP contribution in [0.3, 0.4) is 0 Å². The second-order valence-corrected chi connectivity index (χ2v) is 7.63. The van der Waals surface area contributed by atoms with Crippen molar-refractivity contribution in [2.24, 2.45) is 0 Å². The molecule has 4 nitrogen and oxygen atoms in total. The fourth-order valence-electron chi connectivity index (χ4n) is 2.47. The summed E-state index contributed by atoms with van der Waals surface area (Å²) in [7, 11) is 0. The molecule has 5 heteroatoms. The SMILES string of the molecule is CCCNC(C)C(C)Sc1nnc(C2CC2)n1C1CC1. The summed E-state index contributed by atoms with van der Waals surface area (Å²) >= 11 is 1.89. The predicted octanol–water partition coefficient (Wildman–Crippen LogP) is 3.36. The molecule has 1 aromatic heterocycles. The van der Waals surface area contributed by atoms with Crippen LogP contribution in [0.4, 0.5) is 0 Å². The summed E-state index contributed by atoms with van der Waals surface area (Å²) in [5.41, 5.74) is 0. The maximum atomic E-state index is 4.49. The van der Waals surface area contributed by atoms with Crippen LogP contribution in [-0.4, -0.2) is 32.6 Å². The Morgan fingerprint density at radius 3 is 2.60 bits per heavy atom. The summed E-state index contributed by atoms with van der Waals surface area (Å²) < 4.78 is 2.45. The van der Waals surface area contributed by atoms with E-state index in [1.54, 1.807) is 0 Å². The number of aromatic nitrogens is 3. The highest BCUT2D eigenvalue weighted by Gasteiger charge is 2.36. The normalized spacial score (nSPS) is 21.9. The van der Waals surface area contributed by atoms with Gasteiger partial charge >= 0.3 is 0 Å². The van der Waals surface area contributed by atoms with E-state index in [0.717, 1.165) is 11.7 Å². The number of nitrogens with zero attached hydrogens (tertiary/aromatic N) is 3. The molecule has 2 saturated carbocycles. The summed E-state index contributed by atoms with van der Waals surface area (Å²) in [4.78, 5) is 0. The third-order valence-corrected chi connectivity index (χ3v) is 5.53. The van der Waals surface area contributed by atoms with Gasteiger partial charge in [0.05, 0.1) is 0 Å². The molecule has 1 N–H and O–H groups in total. The van der Waals surface area contributed by atoms with E-state index in [0.29, 0.717) is 23.3 Å². The third kappa shape index (κ3) is 3.19. The van der Waals surface area contributed by atoms with Crippen molar-refractivity contribution in [3.8, 4) is 0 Å². The summed E-state index contributed by atoms with van der Waals surface area (Å²) in [6.07, 6.45) is 6.41. The molecule has 2 unspecified atom stereocenters. The van der Waals surface area contributed by atoms with Gasteiger partial charge in [-0.15, -0.1) is 10.2 Å². The smallest absolute Gasteiger partial charge is 0.191 e. The lowest BCUT2D eigenvalue weighted by Gasteiger charge is -2.20. The number of rotatable bonds is 8. The van der Waals surface area contributed by atoms with E-state index in [1.807, 2.05) is 11.8 Å². The molecule has 0 amide bonds. The molecular weight excluding hydrogens is 268 g/mol. The zero-order valence-electron chi connectivity index (χ0n) is 12.8. The molecule has 1 aromatic rings. The lowest BCUT2D eigenvalue weighted by atomic mass is 10.2. The Bertz CT molecular complexity index is 451. The minimum absolute atomic E-state index is 0.508. The number of nitrogens with one attached hydrogen (secondary N) is 1. The van der Waals surface area contributed by atoms with Crippen molar-refractivity contribution in [1.29, 1.82) is 0 Å². The molecule has 112 valence electrons. The summed E-state index contributed by atoms with van der Waals surface area (Å²) in [6, 6.07) is 1.20. The Kier molecular flexibility index (Phi) is 4.36. The largest absolute Gasteiger partial charge is 0.313 e. The van der Waals surface area contributed by atoms with E-state index in [1.165, 1.54) is 37.9 Å². The molecule has 0 bridgehead atoms. The van der Waals surface area contributed by atoms with Gasteiger partial charge in [0.15, 0.2) is 5.16 Å². The van der Waals surface area contributed by atoms with Crippen molar-refractivity contribution in [1.82, 2.24) is 20.1 Å². The summed E-state index contributed by atoms with van der Waals surface area (Å²) in [5, 5.41) is 14.2. The van der Waals surface area contributed by atoms with Gasteiger partial charge in [-0.3, -0.25) is 0 Å². The second-order valence-electron chi connectivity index (χ2n) is 6.28. The van der Waals surface area contributed by atoms with E-state index in [2.05, 4.69) is 40.9 Å². The first kappa shape index (κ1) is 14.4. The zero-order chi connectivity index (χ0) is 14.1. The van der Waals surface area contributed by atoms with E-state index in [4.69, 9.17) is 0 Å². The minimum Gasteiger partial charge on any atom is -0.313 e. The van der Waals surface area contributed by atoms with Crippen molar-refractivity contribution in [2.75, 3.05) is 6.54 Å². The first-order valence-electron chi connectivity index (χ1n) is 8.05. The zero-order valence-corrected chi connectivity index (χ0v) is 13.6. The number of hydrogen-bond donors (Lipinski definition) is 1. The average molecular weight is 294 g/mol. The fraction of sp³-hybridized carbons (Fsp3) is 0.867. The van der Waals surface area contributed by atoms with Crippen LogP contribution >= 0.6 is 11.8 Å². The Labute approximate surface area is 126 Å². The Morgan fingerprint density at radius 2 is 2.00 bits per heavy atom. The van der Waals surface area contributed by atoms with Gasteiger partial charge in [0.1, 0.15) is 5.82 Å². The summed E-state index contributed by atoms with van der Waals surface area (Å²) in [6.45, 7) is 7.87. The standard InChI is InChI=1S/C15H26N4S/c1-4-9-16-10(2)11(3)20-15-18-17-14(12-5-6-12)19(15)13-7-8-13/h10-13,16H,4-9H2,1-3H3. The third-order valence-electron chi connectivity index (χ3n) is 4.26. The van der Waals surface area contributed by atoms with Crippen LogP contribution in [0.5, 0.6) is 0 Å². The molecule has 0 aromatic carbocycles. The van der Waals surface area contributed by atoms with E-state index < -0.39 is 0 Å². The molecule has 2 aliphatic carbocycles. The van der Waals surface area contributed by atoms with Crippen molar-refractivity contribution in [3.63, 3.8) is 0 Å². The first-order valence-corrected chi connectivity index (χ1v) is 8.93. The van der Waals surface area contributed by atoms with E-state index in [-0.39, 0.29) is 0 Å². The second kappa shape index (κ2) is 6.06. The van der Waals surface area contributed by atoms with Crippen LogP contribution in [0.15, 0.2) is 5.16 Å². The fourth-order valence-corrected chi connectivity index (χ4v) is 3.55. The highest BCUT2D eigenvalue weighted by molar-refractivity contribution is 7.99. The van der Waals surface area contributed by atoms with Crippen molar-refractivity contribution < 1.29 is 0 Å². The van der Waals surface area contributed by atoms with Crippen LogP contribution < -0.4 is 5.32 Å². The van der Waals surface area contributed by atoms with Gasteiger partial charge in [-0.2, -0.15) is 0 Å². The van der Waals surface area contributed by atoms with Crippen molar-refractivity contribution in [2.45, 2.75) is 81.3 Å². The van der Waals surface area contributed by atoms with E-state index in [9.17, 15) is 0 Å². The van der Waals surface area contributed by atoms with Gasteiger partial charge < -0.3 is 9.88 Å². The maximum absolute atomic E-state index is 4.49. The van der Waals surface area contributed by atoms with Crippen LogP contribution in [0.25, 0.3) is 0 Å². The van der Waals surface area contributed by atoms with Crippen molar-refractivity contribution >= 4 is 11.8 Å². The van der Waals surface area contributed by atoms with Crippen LogP contribution in [-0.2, 0) is 0 Å². The highest BCUT2D eigenvalue weighted by Crippen LogP contribution is 2.46. The first-order chi connectivity index (χ1) is 9.70. The molecule has 0 saturated heterocycles. The number of thioether (sulfide) groups is 1. The van der Waals surface area contributed by atoms with Crippen molar-refractivity contribution in [3.05, 3.63) is 5.82 Å². The quantitative estimate of drug-likeness (QED) is 0.747. The molecule has 0 aliphatic heterocycles. The molecular formula is C15H26N4S. The molecule has 2 fully saturated rings. The topological polar surface area (TPSA) is 42.7 Å². The molecule has 1 heterocycles. The summed E-state index contributed by atoms with van der Waals surface area (Å²) in [5.74, 6) is 1.96. The number of hydrogen-bond acceptors (Lipinski definition) is 4. The average Bonchev–Trinajstić information content (AvgIpc) is 3.35. The monoisotopic (exact) mass is 294 g/mol. The van der Waals surface area contributed by atoms with Crippen LogP contribution in [0, 0.1) is 0 Å². The Hall–Kier alpha value is -0.550. The van der Waals surface area contributed by atoms with Gasteiger partial charge in [-0.05, 0) is 45.6 Å². The van der Waals surface area contributed by atoms with Gasteiger partial charge in [-0.1, -0.05) is 25.6 Å². The van der Waals surface area contributed by atoms with Gasteiger partial charge in [-0.25, -0.2) is 0 Å². The minimum atomic E-state index is 0.508. The molecule has 2 atom stereocenters. The Morgan fingerprint density at radius 1 is 1.25 bits per heavy atom. The molecule has 0 spiro atoms. The molecule has 0 radical (unpaired) electrons. The van der Waals surface area contributed by atoms with Gasteiger partial charge in [0, 0.05) is 23.3 Å². The maximum Gasteiger partial charge on any atom is 0.191 e. The van der Waals surface area contributed by atoms with Crippen LogP contribution in [0.2, 0.25) is 0 Å².